The molecule has 66 valence electrons. The largest absolute Gasteiger partial charge is 0.343 e. The van der Waals surface area contributed by atoms with E-state index in [9.17, 15) is 0 Å². The van der Waals surface area contributed by atoms with Crippen LogP contribution in [0.15, 0.2) is 30.3 Å². The number of hydrogen-bond donors (Lipinski definition) is 0. The van der Waals surface area contributed by atoms with Gasteiger partial charge in [0, 0.05) is 5.56 Å². The first kappa shape index (κ1) is 8.28. The molecule has 1 heterocycles. The summed E-state index contributed by atoms with van der Waals surface area (Å²) in [6.07, 6.45) is 0. The zero-order valence-electron chi connectivity index (χ0n) is 7.74. The first-order valence-electron chi connectivity index (χ1n) is 4.29. The van der Waals surface area contributed by atoms with E-state index < -0.39 is 5.60 Å². The molecular formula is C11H11NO. The highest BCUT2D eigenvalue weighted by molar-refractivity contribution is 5.39. The van der Waals surface area contributed by atoms with Crippen LogP contribution in [0, 0.1) is 11.3 Å². The molecule has 1 aliphatic heterocycles. The maximum absolute atomic E-state index is 9.07. The van der Waals surface area contributed by atoms with Gasteiger partial charge in [-0.2, -0.15) is 5.26 Å². The minimum atomic E-state index is -0.714. The van der Waals surface area contributed by atoms with Gasteiger partial charge in [-0.25, -0.2) is 0 Å². The number of ether oxygens (including phenoxy) is 1. The van der Waals surface area contributed by atoms with Crippen LogP contribution in [0.1, 0.15) is 19.4 Å². The van der Waals surface area contributed by atoms with Crippen LogP contribution in [0.4, 0.5) is 0 Å². The molecule has 0 spiro atoms. The fourth-order valence-electron chi connectivity index (χ4n) is 1.66. The molecule has 0 unspecified atom stereocenters. The van der Waals surface area contributed by atoms with Gasteiger partial charge in [-0.05, 0) is 13.8 Å². The van der Waals surface area contributed by atoms with Crippen LogP contribution in [0.3, 0.4) is 0 Å². The average Bonchev–Trinajstić information content (AvgIpc) is 2.72. The molecule has 0 aromatic heterocycles. The van der Waals surface area contributed by atoms with E-state index in [2.05, 4.69) is 6.07 Å². The normalized spacial score (nSPS) is 29.3. The Hall–Kier alpha value is -1.33. The summed E-state index contributed by atoms with van der Waals surface area (Å²) in [5, 5.41) is 9.07. The quantitative estimate of drug-likeness (QED) is 0.610. The van der Waals surface area contributed by atoms with E-state index in [-0.39, 0.29) is 5.60 Å². The molecular weight excluding hydrogens is 162 g/mol. The summed E-state index contributed by atoms with van der Waals surface area (Å²) in [5.41, 5.74) is -0.111. The van der Waals surface area contributed by atoms with Gasteiger partial charge in [-0.3, -0.25) is 0 Å². The Bertz CT molecular complexity index is 363. The second kappa shape index (κ2) is 2.34. The first-order valence-corrected chi connectivity index (χ1v) is 4.29. The first-order chi connectivity index (χ1) is 6.12. The molecule has 1 aliphatic rings. The van der Waals surface area contributed by atoms with Gasteiger partial charge in [0.1, 0.15) is 11.7 Å². The molecule has 1 saturated heterocycles. The molecule has 13 heavy (non-hydrogen) atoms. The number of hydrogen-bond acceptors (Lipinski definition) is 2. The summed E-state index contributed by atoms with van der Waals surface area (Å²) in [6.45, 7) is 3.87. The lowest BCUT2D eigenvalue weighted by Crippen LogP contribution is -2.15. The van der Waals surface area contributed by atoms with Crippen molar-refractivity contribution in [3.05, 3.63) is 35.9 Å². The molecule has 0 saturated carbocycles. The van der Waals surface area contributed by atoms with Crippen LogP contribution < -0.4 is 0 Å². The Morgan fingerprint density at radius 2 is 1.77 bits per heavy atom. The van der Waals surface area contributed by atoms with Gasteiger partial charge in [0.2, 0.25) is 5.60 Å². The smallest absolute Gasteiger partial charge is 0.208 e. The van der Waals surface area contributed by atoms with Crippen molar-refractivity contribution in [1.29, 1.82) is 5.26 Å². The minimum absolute atomic E-state index is 0.344. The molecule has 1 fully saturated rings. The molecule has 0 amide bonds. The summed E-state index contributed by atoms with van der Waals surface area (Å²) in [7, 11) is 0. The number of rotatable bonds is 1. The van der Waals surface area contributed by atoms with Gasteiger partial charge in [-0.1, -0.05) is 30.3 Å². The molecule has 0 radical (unpaired) electrons. The van der Waals surface area contributed by atoms with Crippen molar-refractivity contribution >= 4 is 0 Å². The third-order valence-corrected chi connectivity index (χ3v) is 2.55. The van der Waals surface area contributed by atoms with Gasteiger partial charge in [-0.15, -0.1) is 0 Å². The molecule has 0 N–H and O–H groups in total. The van der Waals surface area contributed by atoms with E-state index in [1.807, 2.05) is 44.2 Å². The van der Waals surface area contributed by atoms with Crippen molar-refractivity contribution in [2.75, 3.05) is 0 Å². The average molecular weight is 173 g/mol. The molecule has 0 bridgehead atoms. The lowest BCUT2D eigenvalue weighted by molar-refractivity contribution is 0.304. The maximum Gasteiger partial charge on any atom is 0.208 e. The Morgan fingerprint density at radius 1 is 1.23 bits per heavy atom. The zero-order chi connectivity index (χ0) is 9.53. The van der Waals surface area contributed by atoms with Crippen molar-refractivity contribution in [3.8, 4) is 6.07 Å². The van der Waals surface area contributed by atoms with Gasteiger partial charge in [0.25, 0.3) is 0 Å². The van der Waals surface area contributed by atoms with E-state index in [0.29, 0.717) is 0 Å². The van der Waals surface area contributed by atoms with Crippen molar-refractivity contribution in [3.63, 3.8) is 0 Å². The molecule has 2 heteroatoms. The third-order valence-electron chi connectivity index (χ3n) is 2.55. The summed E-state index contributed by atoms with van der Waals surface area (Å²) in [6, 6.07) is 11.9. The second-order valence-electron chi connectivity index (χ2n) is 3.77. The second-order valence-corrected chi connectivity index (χ2v) is 3.77. The van der Waals surface area contributed by atoms with Gasteiger partial charge in [0.15, 0.2) is 0 Å². The maximum atomic E-state index is 9.07. The highest BCUT2D eigenvalue weighted by Gasteiger charge is 2.65. The lowest BCUT2D eigenvalue weighted by Gasteiger charge is -2.05. The monoisotopic (exact) mass is 173 g/mol. The van der Waals surface area contributed by atoms with Crippen LogP contribution in [0.25, 0.3) is 0 Å². The highest BCUT2D eigenvalue weighted by atomic mass is 16.6. The van der Waals surface area contributed by atoms with Crippen molar-refractivity contribution in [2.24, 2.45) is 0 Å². The van der Waals surface area contributed by atoms with E-state index in [1.54, 1.807) is 0 Å². The predicted molar refractivity (Wildman–Crippen MR) is 48.9 cm³/mol. The predicted octanol–water partition coefficient (Wildman–Crippen LogP) is 2.21. The molecule has 0 aliphatic carbocycles. The van der Waals surface area contributed by atoms with Gasteiger partial charge in [0.05, 0.1) is 0 Å². The molecule has 1 atom stereocenters. The van der Waals surface area contributed by atoms with Crippen LogP contribution in [-0.2, 0) is 10.3 Å². The summed E-state index contributed by atoms with van der Waals surface area (Å²) < 4.78 is 5.47. The summed E-state index contributed by atoms with van der Waals surface area (Å²) >= 11 is 0. The molecule has 1 aromatic rings. The number of epoxide rings is 1. The van der Waals surface area contributed by atoms with Crippen molar-refractivity contribution in [2.45, 2.75) is 25.0 Å². The highest BCUT2D eigenvalue weighted by Crippen LogP contribution is 2.54. The van der Waals surface area contributed by atoms with Gasteiger partial charge < -0.3 is 4.74 Å². The summed E-state index contributed by atoms with van der Waals surface area (Å²) in [5.74, 6) is 0. The van der Waals surface area contributed by atoms with Crippen LogP contribution in [0.5, 0.6) is 0 Å². The summed E-state index contributed by atoms with van der Waals surface area (Å²) in [4.78, 5) is 0. The SMILES string of the molecule is CC1(C)O[C@@]1(C#N)c1ccccc1. The fraction of sp³-hybridized carbons (Fsp3) is 0.364. The lowest BCUT2D eigenvalue weighted by atomic mass is 9.90. The Morgan fingerprint density at radius 3 is 2.15 bits per heavy atom. The van der Waals surface area contributed by atoms with E-state index >= 15 is 0 Å². The Kier molecular flexibility index (Phi) is 1.49. The molecule has 2 nitrogen and oxygen atoms in total. The van der Waals surface area contributed by atoms with E-state index in [4.69, 9.17) is 10.00 Å². The van der Waals surface area contributed by atoms with Crippen LogP contribution >= 0.6 is 0 Å². The Labute approximate surface area is 77.8 Å². The third kappa shape index (κ3) is 0.976. The Balaban J connectivity index is 2.44. The molecule has 1 aromatic carbocycles. The minimum Gasteiger partial charge on any atom is -0.343 e. The van der Waals surface area contributed by atoms with Crippen molar-refractivity contribution in [1.82, 2.24) is 0 Å². The van der Waals surface area contributed by atoms with Crippen LogP contribution in [-0.4, -0.2) is 5.60 Å². The van der Waals surface area contributed by atoms with Crippen LogP contribution in [0.2, 0.25) is 0 Å². The van der Waals surface area contributed by atoms with Crippen molar-refractivity contribution < 1.29 is 4.74 Å². The van der Waals surface area contributed by atoms with E-state index in [0.717, 1.165) is 5.56 Å². The zero-order valence-corrected chi connectivity index (χ0v) is 7.74. The van der Waals surface area contributed by atoms with Gasteiger partial charge >= 0.3 is 0 Å². The number of nitriles is 1. The fourth-order valence-corrected chi connectivity index (χ4v) is 1.66. The standard InChI is InChI=1S/C11H11NO/c1-10(2)11(8-12,13-10)9-6-4-3-5-7-9/h3-7H,1-2H3/t11-/m0/s1. The molecule has 2 rings (SSSR count). The topological polar surface area (TPSA) is 36.3 Å². The number of nitrogens with zero attached hydrogens (tertiary/aromatic N) is 1. The van der Waals surface area contributed by atoms with E-state index in [1.165, 1.54) is 0 Å². The number of benzene rings is 1.